The SMILES string of the molecule is Cl.O=C(NCC1CCCN1)c1cc(Cl)ccc1[N+](=O)[O-]. The summed E-state index contributed by atoms with van der Waals surface area (Å²) in [7, 11) is 0. The molecule has 6 nitrogen and oxygen atoms in total. The number of nitro benzene ring substituents is 1. The van der Waals surface area contributed by atoms with E-state index in [2.05, 4.69) is 10.6 Å². The predicted molar refractivity (Wildman–Crippen MR) is 78.7 cm³/mol. The number of halogens is 2. The van der Waals surface area contributed by atoms with Gasteiger partial charge in [0.15, 0.2) is 0 Å². The molecule has 1 fully saturated rings. The van der Waals surface area contributed by atoms with Gasteiger partial charge in [0.05, 0.1) is 4.92 Å². The van der Waals surface area contributed by atoms with Crippen LogP contribution >= 0.6 is 24.0 Å². The highest BCUT2D eigenvalue weighted by Gasteiger charge is 2.22. The summed E-state index contributed by atoms with van der Waals surface area (Å²) in [5, 5.41) is 17.1. The molecule has 1 amide bonds. The van der Waals surface area contributed by atoms with Gasteiger partial charge in [0, 0.05) is 23.7 Å². The number of carbonyl (C=O) groups is 1. The van der Waals surface area contributed by atoms with Crippen molar-refractivity contribution in [2.24, 2.45) is 0 Å². The summed E-state index contributed by atoms with van der Waals surface area (Å²) in [4.78, 5) is 22.3. The number of hydrogen-bond acceptors (Lipinski definition) is 4. The topological polar surface area (TPSA) is 84.3 Å². The highest BCUT2D eigenvalue weighted by Crippen LogP contribution is 2.22. The highest BCUT2D eigenvalue weighted by atomic mass is 35.5. The molecule has 1 aliphatic rings. The van der Waals surface area contributed by atoms with Gasteiger partial charge >= 0.3 is 0 Å². The fourth-order valence-electron chi connectivity index (χ4n) is 2.09. The van der Waals surface area contributed by atoms with Crippen LogP contribution in [0, 0.1) is 10.1 Å². The Labute approximate surface area is 127 Å². The van der Waals surface area contributed by atoms with E-state index in [4.69, 9.17) is 11.6 Å². The molecule has 1 aromatic carbocycles. The van der Waals surface area contributed by atoms with Crippen LogP contribution in [0.5, 0.6) is 0 Å². The Balaban J connectivity index is 0.00000200. The minimum Gasteiger partial charge on any atom is -0.350 e. The van der Waals surface area contributed by atoms with E-state index in [9.17, 15) is 14.9 Å². The number of benzene rings is 1. The fraction of sp³-hybridized carbons (Fsp3) is 0.417. The van der Waals surface area contributed by atoms with Gasteiger partial charge < -0.3 is 10.6 Å². The molecule has 1 saturated heterocycles. The monoisotopic (exact) mass is 319 g/mol. The first-order chi connectivity index (χ1) is 9.08. The van der Waals surface area contributed by atoms with Crippen LogP contribution in [0.15, 0.2) is 18.2 Å². The first-order valence-corrected chi connectivity index (χ1v) is 6.41. The van der Waals surface area contributed by atoms with Crippen molar-refractivity contribution in [2.45, 2.75) is 18.9 Å². The second-order valence-electron chi connectivity index (χ2n) is 4.42. The number of carbonyl (C=O) groups excluding carboxylic acids is 1. The molecule has 0 aliphatic carbocycles. The quantitative estimate of drug-likeness (QED) is 0.658. The smallest absolute Gasteiger partial charge is 0.282 e. The summed E-state index contributed by atoms with van der Waals surface area (Å²) in [6.45, 7) is 1.40. The Morgan fingerprint density at radius 2 is 2.30 bits per heavy atom. The third-order valence-corrected chi connectivity index (χ3v) is 3.31. The lowest BCUT2D eigenvalue weighted by molar-refractivity contribution is -0.385. The Kier molecular flexibility index (Phi) is 6.19. The molecule has 0 saturated carbocycles. The number of hydrogen-bond donors (Lipinski definition) is 2. The molecule has 1 atom stereocenters. The maximum absolute atomic E-state index is 12.0. The third kappa shape index (κ3) is 4.06. The van der Waals surface area contributed by atoms with Crippen LogP contribution in [-0.4, -0.2) is 30.0 Å². The zero-order valence-electron chi connectivity index (χ0n) is 10.6. The lowest BCUT2D eigenvalue weighted by atomic mass is 10.1. The molecule has 0 spiro atoms. The average molecular weight is 320 g/mol. The van der Waals surface area contributed by atoms with E-state index in [1.165, 1.54) is 18.2 Å². The van der Waals surface area contributed by atoms with Crippen molar-refractivity contribution in [3.05, 3.63) is 38.9 Å². The molecule has 1 aromatic rings. The maximum Gasteiger partial charge on any atom is 0.282 e. The van der Waals surface area contributed by atoms with Gasteiger partial charge in [0.1, 0.15) is 5.56 Å². The summed E-state index contributed by atoms with van der Waals surface area (Å²) in [6.07, 6.45) is 2.08. The Hall–Kier alpha value is -1.37. The number of nitrogens with zero attached hydrogens (tertiary/aromatic N) is 1. The lowest BCUT2D eigenvalue weighted by Crippen LogP contribution is -2.37. The van der Waals surface area contributed by atoms with Gasteiger partial charge in [-0.2, -0.15) is 0 Å². The fourth-order valence-corrected chi connectivity index (χ4v) is 2.26. The van der Waals surface area contributed by atoms with Crippen molar-refractivity contribution in [1.82, 2.24) is 10.6 Å². The van der Waals surface area contributed by atoms with E-state index in [1.54, 1.807) is 0 Å². The van der Waals surface area contributed by atoms with Crippen LogP contribution in [0.3, 0.4) is 0 Å². The summed E-state index contributed by atoms with van der Waals surface area (Å²) in [6, 6.07) is 4.19. The van der Waals surface area contributed by atoms with Gasteiger partial charge in [-0.15, -0.1) is 12.4 Å². The van der Waals surface area contributed by atoms with Crippen molar-refractivity contribution in [3.8, 4) is 0 Å². The number of nitrogens with one attached hydrogen (secondary N) is 2. The van der Waals surface area contributed by atoms with Crippen LogP contribution in [0.4, 0.5) is 5.69 Å². The van der Waals surface area contributed by atoms with E-state index in [0.717, 1.165) is 19.4 Å². The molecule has 110 valence electrons. The van der Waals surface area contributed by atoms with E-state index >= 15 is 0 Å². The van der Waals surface area contributed by atoms with Crippen molar-refractivity contribution < 1.29 is 9.72 Å². The van der Waals surface area contributed by atoms with Crippen molar-refractivity contribution in [2.75, 3.05) is 13.1 Å². The molecule has 8 heteroatoms. The molecule has 0 aromatic heterocycles. The molecule has 2 rings (SSSR count). The Morgan fingerprint density at radius 3 is 2.90 bits per heavy atom. The van der Waals surface area contributed by atoms with Crippen LogP contribution in [0.2, 0.25) is 5.02 Å². The molecule has 0 bridgehead atoms. The van der Waals surface area contributed by atoms with E-state index in [1.807, 2.05) is 0 Å². The summed E-state index contributed by atoms with van der Waals surface area (Å²) >= 11 is 5.78. The largest absolute Gasteiger partial charge is 0.350 e. The van der Waals surface area contributed by atoms with Gasteiger partial charge in [-0.1, -0.05) is 11.6 Å². The maximum atomic E-state index is 12.0. The van der Waals surface area contributed by atoms with Gasteiger partial charge in [-0.05, 0) is 31.5 Å². The van der Waals surface area contributed by atoms with E-state index in [-0.39, 0.29) is 29.7 Å². The second kappa shape index (κ2) is 7.42. The molecule has 0 radical (unpaired) electrons. The first kappa shape index (κ1) is 16.7. The lowest BCUT2D eigenvalue weighted by Gasteiger charge is -2.11. The summed E-state index contributed by atoms with van der Waals surface area (Å²) in [5.74, 6) is -0.470. The number of amides is 1. The van der Waals surface area contributed by atoms with Crippen molar-refractivity contribution in [3.63, 3.8) is 0 Å². The minimum absolute atomic E-state index is 0. The molecule has 1 unspecified atom stereocenters. The van der Waals surface area contributed by atoms with Crippen LogP contribution in [-0.2, 0) is 0 Å². The highest BCUT2D eigenvalue weighted by molar-refractivity contribution is 6.31. The second-order valence-corrected chi connectivity index (χ2v) is 4.86. The van der Waals surface area contributed by atoms with Crippen molar-refractivity contribution in [1.29, 1.82) is 0 Å². The molecule has 20 heavy (non-hydrogen) atoms. The number of nitro groups is 1. The molecule has 2 N–H and O–H groups in total. The molecule has 1 heterocycles. The van der Waals surface area contributed by atoms with Crippen LogP contribution < -0.4 is 10.6 Å². The minimum atomic E-state index is -0.584. The molecule has 1 aliphatic heterocycles. The van der Waals surface area contributed by atoms with Crippen LogP contribution in [0.25, 0.3) is 0 Å². The number of rotatable bonds is 4. The zero-order chi connectivity index (χ0) is 13.8. The standard InChI is InChI=1S/C12H14ClN3O3.ClH/c13-8-3-4-11(16(18)19)10(6-8)12(17)15-7-9-2-1-5-14-9;/h3-4,6,9,14H,1-2,5,7H2,(H,15,17);1H. The van der Waals surface area contributed by atoms with Gasteiger partial charge in [-0.25, -0.2) is 0 Å². The molecular weight excluding hydrogens is 305 g/mol. The first-order valence-electron chi connectivity index (χ1n) is 6.03. The van der Waals surface area contributed by atoms with Crippen molar-refractivity contribution >= 4 is 35.6 Å². The third-order valence-electron chi connectivity index (χ3n) is 3.07. The molecular formula is C12H15Cl2N3O3. The Morgan fingerprint density at radius 1 is 1.55 bits per heavy atom. The van der Waals surface area contributed by atoms with Gasteiger partial charge in [-0.3, -0.25) is 14.9 Å². The normalized spacial score (nSPS) is 17.4. The van der Waals surface area contributed by atoms with Crippen LogP contribution in [0.1, 0.15) is 23.2 Å². The average Bonchev–Trinajstić information content (AvgIpc) is 2.88. The van der Waals surface area contributed by atoms with Gasteiger partial charge in [0.2, 0.25) is 0 Å². The zero-order valence-corrected chi connectivity index (χ0v) is 12.2. The summed E-state index contributed by atoms with van der Waals surface area (Å²) < 4.78 is 0. The summed E-state index contributed by atoms with van der Waals surface area (Å²) in [5.41, 5.74) is -0.239. The van der Waals surface area contributed by atoms with Gasteiger partial charge in [0.25, 0.3) is 11.6 Å². The van der Waals surface area contributed by atoms with E-state index < -0.39 is 10.8 Å². The Bertz CT molecular complexity index is 505. The predicted octanol–water partition coefficient (Wildman–Crippen LogP) is 2.15. The van der Waals surface area contributed by atoms with E-state index in [0.29, 0.717) is 11.6 Å².